The molecule has 1 aromatic heterocycles. The van der Waals surface area contributed by atoms with Gasteiger partial charge in [-0.1, -0.05) is 18.2 Å². The number of nitrogens with zero attached hydrogens (tertiary/aromatic N) is 3. The van der Waals surface area contributed by atoms with Crippen molar-refractivity contribution in [2.45, 2.75) is 46.3 Å². The quantitative estimate of drug-likeness (QED) is 0.376. The smallest absolute Gasteiger partial charge is 0.194 e. The van der Waals surface area contributed by atoms with Crippen molar-refractivity contribution in [2.24, 2.45) is 4.99 Å². The molecule has 1 N–H and O–H groups in total. The van der Waals surface area contributed by atoms with Gasteiger partial charge in [0.15, 0.2) is 5.96 Å². The first-order chi connectivity index (χ1) is 12.7. The van der Waals surface area contributed by atoms with Crippen molar-refractivity contribution in [1.29, 1.82) is 0 Å². The van der Waals surface area contributed by atoms with Crippen LogP contribution in [0.3, 0.4) is 0 Å². The topological polar surface area (TPSA) is 49.8 Å². The number of rotatable bonds is 5. The van der Waals surface area contributed by atoms with Crippen LogP contribution in [0.5, 0.6) is 5.75 Å². The van der Waals surface area contributed by atoms with E-state index in [1.165, 1.54) is 4.88 Å². The molecule has 0 bridgehead atoms. The van der Waals surface area contributed by atoms with Gasteiger partial charge < -0.3 is 15.0 Å². The minimum absolute atomic E-state index is 0. The van der Waals surface area contributed by atoms with E-state index in [1.807, 2.05) is 37.3 Å². The fraction of sp³-hybridized carbons (Fsp3) is 0.500. The third kappa shape index (κ3) is 6.34. The molecule has 7 heteroatoms. The third-order valence-corrected chi connectivity index (χ3v) is 5.55. The summed E-state index contributed by atoms with van der Waals surface area (Å²) in [6.07, 6.45) is 2.30. The molecular formula is C20H29IN4OS. The predicted molar refractivity (Wildman–Crippen MR) is 123 cm³/mol. The van der Waals surface area contributed by atoms with Gasteiger partial charge in [-0.2, -0.15) is 0 Å². The largest absolute Gasteiger partial charge is 0.490 e. The van der Waals surface area contributed by atoms with Gasteiger partial charge in [-0.05, 0) is 32.9 Å². The number of ether oxygens (including phenoxy) is 1. The van der Waals surface area contributed by atoms with Crippen LogP contribution in [0.2, 0.25) is 0 Å². The number of piperidine rings is 1. The Kier molecular flexibility index (Phi) is 8.82. The average molecular weight is 500 g/mol. The molecule has 27 heavy (non-hydrogen) atoms. The Morgan fingerprint density at radius 3 is 2.56 bits per heavy atom. The summed E-state index contributed by atoms with van der Waals surface area (Å²) in [6, 6.07) is 10.1. The Labute approximate surface area is 183 Å². The summed E-state index contributed by atoms with van der Waals surface area (Å²) < 4.78 is 6.10. The Bertz CT molecular complexity index is 727. The van der Waals surface area contributed by atoms with Gasteiger partial charge in [0.25, 0.3) is 0 Å². The van der Waals surface area contributed by atoms with Crippen molar-refractivity contribution < 1.29 is 4.74 Å². The van der Waals surface area contributed by atoms with Crippen LogP contribution in [-0.4, -0.2) is 41.6 Å². The molecule has 1 aromatic carbocycles. The SMILES string of the molecule is CCNC(=NCc1sc(C)nc1C)N1CCC(Oc2ccccc2)CC1.I. The summed E-state index contributed by atoms with van der Waals surface area (Å²) in [4.78, 5) is 12.9. The lowest BCUT2D eigenvalue weighted by molar-refractivity contribution is 0.129. The van der Waals surface area contributed by atoms with E-state index < -0.39 is 0 Å². The first-order valence-corrected chi connectivity index (χ1v) is 10.1. The highest BCUT2D eigenvalue weighted by atomic mass is 127. The lowest BCUT2D eigenvalue weighted by Crippen LogP contribution is -2.47. The zero-order valence-corrected chi connectivity index (χ0v) is 19.4. The van der Waals surface area contributed by atoms with Crippen LogP contribution in [0.4, 0.5) is 0 Å². The average Bonchev–Trinajstić information content (AvgIpc) is 2.97. The van der Waals surface area contributed by atoms with Crippen molar-refractivity contribution >= 4 is 41.3 Å². The first-order valence-electron chi connectivity index (χ1n) is 9.33. The fourth-order valence-electron chi connectivity index (χ4n) is 3.17. The van der Waals surface area contributed by atoms with E-state index in [1.54, 1.807) is 11.3 Å². The van der Waals surface area contributed by atoms with Gasteiger partial charge in [0.1, 0.15) is 11.9 Å². The van der Waals surface area contributed by atoms with E-state index in [4.69, 9.17) is 9.73 Å². The van der Waals surface area contributed by atoms with Crippen molar-refractivity contribution in [1.82, 2.24) is 15.2 Å². The monoisotopic (exact) mass is 500 g/mol. The summed E-state index contributed by atoms with van der Waals surface area (Å²) in [7, 11) is 0. The number of halogens is 1. The van der Waals surface area contributed by atoms with E-state index >= 15 is 0 Å². The maximum absolute atomic E-state index is 6.10. The zero-order valence-electron chi connectivity index (χ0n) is 16.3. The molecular weight excluding hydrogens is 471 g/mol. The predicted octanol–water partition coefficient (Wildman–Crippen LogP) is 4.39. The molecule has 1 fully saturated rings. The normalized spacial score (nSPS) is 15.4. The summed E-state index contributed by atoms with van der Waals surface area (Å²) in [5.74, 6) is 1.96. The molecule has 0 spiro atoms. The van der Waals surface area contributed by atoms with E-state index in [0.29, 0.717) is 6.54 Å². The van der Waals surface area contributed by atoms with Gasteiger partial charge in [0, 0.05) is 37.4 Å². The minimum Gasteiger partial charge on any atom is -0.490 e. The zero-order chi connectivity index (χ0) is 18.4. The van der Waals surface area contributed by atoms with E-state index in [2.05, 4.69) is 29.0 Å². The van der Waals surface area contributed by atoms with Crippen molar-refractivity contribution in [3.8, 4) is 5.75 Å². The van der Waals surface area contributed by atoms with Crippen LogP contribution >= 0.6 is 35.3 Å². The van der Waals surface area contributed by atoms with Crippen LogP contribution < -0.4 is 10.1 Å². The van der Waals surface area contributed by atoms with Crippen LogP contribution in [0.15, 0.2) is 35.3 Å². The number of thiazole rings is 1. The summed E-state index contributed by atoms with van der Waals surface area (Å²) >= 11 is 1.74. The van der Waals surface area contributed by atoms with Crippen LogP contribution in [-0.2, 0) is 6.54 Å². The Morgan fingerprint density at radius 1 is 1.26 bits per heavy atom. The number of likely N-dealkylation sites (tertiary alicyclic amines) is 1. The molecule has 0 unspecified atom stereocenters. The van der Waals surface area contributed by atoms with Crippen molar-refractivity contribution in [3.63, 3.8) is 0 Å². The number of guanidine groups is 1. The second kappa shape index (κ2) is 10.8. The molecule has 1 saturated heterocycles. The van der Waals surface area contributed by atoms with Crippen LogP contribution in [0, 0.1) is 13.8 Å². The van der Waals surface area contributed by atoms with Gasteiger partial charge in [0.05, 0.1) is 17.2 Å². The van der Waals surface area contributed by atoms with E-state index in [-0.39, 0.29) is 30.1 Å². The lowest BCUT2D eigenvalue weighted by Gasteiger charge is -2.34. The number of hydrogen-bond donors (Lipinski definition) is 1. The van der Waals surface area contributed by atoms with Gasteiger partial charge in [-0.15, -0.1) is 35.3 Å². The molecule has 3 rings (SSSR count). The molecule has 0 saturated carbocycles. The van der Waals surface area contributed by atoms with Crippen molar-refractivity contribution in [3.05, 3.63) is 45.9 Å². The number of hydrogen-bond acceptors (Lipinski definition) is 4. The number of benzene rings is 1. The Balaban J connectivity index is 0.00000261. The number of para-hydroxylation sites is 1. The van der Waals surface area contributed by atoms with Crippen LogP contribution in [0.25, 0.3) is 0 Å². The highest BCUT2D eigenvalue weighted by molar-refractivity contribution is 14.0. The first kappa shape index (κ1) is 21.9. The molecule has 0 amide bonds. The molecule has 148 valence electrons. The number of aromatic nitrogens is 1. The lowest BCUT2D eigenvalue weighted by atomic mass is 10.1. The minimum atomic E-state index is 0. The van der Waals surface area contributed by atoms with Gasteiger partial charge >= 0.3 is 0 Å². The molecule has 1 aliphatic heterocycles. The molecule has 1 aliphatic rings. The number of aliphatic imine (C=N–C) groups is 1. The highest BCUT2D eigenvalue weighted by Crippen LogP contribution is 2.20. The molecule has 5 nitrogen and oxygen atoms in total. The third-order valence-electron chi connectivity index (χ3n) is 4.49. The number of nitrogens with one attached hydrogen (secondary N) is 1. The molecule has 0 aliphatic carbocycles. The molecule has 0 atom stereocenters. The van der Waals surface area contributed by atoms with Gasteiger partial charge in [0.2, 0.25) is 0 Å². The standard InChI is InChI=1S/C20H28N4OS.HI/c1-4-21-20(22-14-19-15(2)23-16(3)26-19)24-12-10-18(11-13-24)25-17-8-6-5-7-9-17;/h5-9,18H,4,10-14H2,1-3H3,(H,21,22);1H. The second-order valence-corrected chi connectivity index (χ2v) is 7.82. The number of aryl methyl sites for hydroxylation is 2. The van der Waals surface area contributed by atoms with Crippen LogP contribution in [0.1, 0.15) is 35.3 Å². The maximum Gasteiger partial charge on any atom is 0.194 e. The fourth-order valence-corrected chi connectivity index (χ4v) is 4.03. The Morgan fingerprint density at radius 2 is 1.96 bits per heavy atom. The maximum atomic E-state index is 6.10. The summed E-state index contributed by atoms with van der Waals surface area (Å²) in [6.45, 7) is 9.72. The molecule has 2 aromatic rings. The molecule has 0 radical (unpaired) electrons. The van der Waals surface area contributed by atoms with E-state index in [9.17, 15) is 0 Å². The van der Waals surface area contributed by atoms with Gasteiger partial charge in [-0.25, -0.2) is 9.98 Å². The Hall–Kier alpha value is -1.35. The highest BCUT2D eigenvalue weighted by Gasteiger charge is 2.22. The van der Waals surface area contributed by atoms with E-state index in [0.717, 1.165) is 54.9 Å². The summed E-state index contributed by atoms with van der Waals surface area (Å²) in [5.41, 5.74) is 1.10. The van der Waals surface area contributed by atoms with Crippen molar-refractivity contribution in [2.75, 3.05) is 19.6 Å². The second-order valence-electron chi connectivity index (χ2n) is 6.53. The van der Waals surface area contributed by atoms with Gasteiger partial charge in [-0.3, -0.25) is 0 Å². The molecule has 2 heterocycles. The summed E-state index contributed by atoms with van der Waals surface area (Å²) in [5, 5.41) is 4.54.